The number of primary sulfonamides is 1. The van der Waals surface area contributed by atoms with Gasteiger partial charge in [0.05, 0.1) is 23.2 Å². The van der Waals surface area contributed by atoms with Crippen LogP contribution in [0.25, 0.3) is 22.2 Å². The highest BCUT2D eigenvalue weighted by Gasteiger charge is 2.15. The van der Waals surface area contributed by atoms with Gasteiger partial charge in [-0.3, -0.25) is 0 Å². The molecule has 0 bridgehead atoms. The van der Waals surface area contributed by atoms with Crippen LogP contribution >= 0.6 is 0 Å². The lowest BCUT2D eigenvalue weighted by molar-refractivity contribution is 0.419. The molecule has 0 unspecified atom stereocenters. The molecule has 0 spiro atoms. The molecule has 2 aromatic heterocycles. The predicted molar refractivity (Wildman–Crippen MR) is 125 cm³/mol. The van der Waals surface area contributed by atoms with Gasteiger partial charge in [-0.2, -0.15) is 0 Å². The van der Waals surface area contributed by atoms with Crippen LogP contribution in [0, 0.1) is 19.7 Å². The second-order valence-corrected chi connectivity index (χ2v) is 9.22. The summed E-state index contributed by atoms with van der Waals surface area (Å²) in [5.41, 5.74) is 3.34. The van der Waals surface area contributed by atoms with Crippen molar-refractivity contribution >= 4 is 26.7 Å². The summed E-state index contributed by atoms with van der Waals surface area (Å²) in [6.07, 6.45) is 1.43. The second kappa shape index (κ2) is 8.80. The zero-order valence-corrected chi connectivity index (χ0v) is 19.3. The summed E-state index contributed by atoms with van der Waals surface area (Å²) in [4.78, 5) is 8.62. The van der Waals surface area contributed by atoms with E-state index in [4.69, 9.17) is 9.88 Å². The molecule has 0 saturated carbocycles. The van der Waals surface area contributed by atoms with Gasteiger partial charge < -0.3 is 14.6 Å². The van der Waals surface area contributed by atoms with E-state index < -0.39 is 10.0 Å². The normalized spacial score (nSPS) is 11.7. The third kappa shape index (κ3) is 4.53. The first-order valence-electron chi connectivity index (χ1n) is 10.2. The van der Waals surface area contributed by atoms with E-state index in [1.54, 1.807) is 38.3 Å². The monoisotopic (exact) mass is 469 g/mol. The quantitative estimate of drug-likeness (QED) is 0.428. The summed E-state index contributed by atoms with van der Waals surface area (Å²) < 4.78 is 45.1. The number of hydrogen-bond acceptors (Lipinski definition) is 6. The molecule has 33 heavy (non-hydrogen) atoms. The van der Waals surface area contributed by atoms with E-state index in [0.717, 1.165) is 16.6 Å². The van der Waals surface area contributed by atoms with Crippen molar-refractivity contribution < 1.29 is 17.5 Å². The van der Waals surface area contributed by atoms with Gasteiger partial charge in [-0.15, -0.1) is 0 Å². The van der Waals surface area contributed by atoms with Crippen molar-refractivity contribution in [3.63, 3.8) is 0 Å². The molecule has 172 valence electrons. The van der Waals surface area contributed by atoms with E-state index in [0.29, 0.717) is 41.4 Å². The number of fused-ring (bicyclic) bond motifs is 1. The van der Waals surface area contributed by atoms with E-state index in [2.05, 4.69) is 15.3 Å². The number of ether oxygens (including phenoxy) is 1. The molecule has 4 rings (SSSR count). The highest BCUT2D eigenvalue weighted by Crippen LogP contribution is 2.31. The minimum Gasteiger partial charge on any atom is -0.496 e. The van der Waals surface area contributed by atoms with Crippen LogP contribution in [0.2, 0.25) is 0 Å². The Labute approximate surface area is 191 Å². The fourth-order valence-corrected chi connectivity index (χ4v) is 4.71. The summed E-state index contributed by atoms with van der Waals surface area (Å²) in [7, 11) is -2.22. The van der Waals surface area contributed by atoms with Crippen LogP contribution in [-0.2, 0) is 16.6 Å². The van der Waals surface area contributed by atoms with Crippen molar-refractivity contribution in [3.8, 4) is 17.0 Å². The first-order chi connectivity index (χ1) is 15.7. The highest BCUT2D eigenvalue weighted by molar-refractivity contribution is 7.89. The number of methoxy groups -OCH3 is 1. The van der Waals surface area contributed by atoms with Gasteiger partial charge in [0.2, 0.25) is 10.0 Å². The second-order valence-electron chi connectivity index (χ2n) is 7.69. The maximum atomic E-state index is 14.5. The van der Waals surface area contributed by atoms with Crippen LogP contribution in [0.1, 0.15) is 11.3 Å². The third-order valence-corrected chi connectivity index (χ3v) is 6.55. The maximum absolute atomic E-state index is 14.5. The van der Waals surface area contributed by atoms with Gasteiger partial charge in [0, 0.05) is 35.8 Å². The number of halogens is 1. The molecule has 2 aromatic carbocycles. The molecular formula is C23H24FN5O3S. The van der Waals surface area contributed by atoms with Crippen LogP contribution in [0.5, 0.6) is 5.75 Å². The summed E-state index contributed by atoms with van der Waals surface area (Å²) in [5.74, 6) is 0.923. The number of sulfonamides is 1. The molecule has 0 radical (unpaired) electrons. The van der Waals surface area contributed by atoms with Crippen LogP contribution < -0.4 is 15.2 Å². The van der Waals surface area contributed by atoms with Crippen molar-refractivity contribution in [2.75, 3.05) is 19.0 Å². The van der Waals surface area contributed by atoms with Crippen molar-refractivity contribution in [3.05, 3.63) is 65.9 Å². The lowest BCUT2D eigenvalue weighted by atomic mass is 10.1. The Kier molecular flexibility index (Phi) is 6.05. The number of aromatic nitrogens is 3. The van der Waals surface area contributed by atoms with E-state index >= 15 is 0 Å². The number of hydrogen-bond donors (Lipinski definition) is 2. The molecule has 0 fully saturated rings. The summed E-state index contributed by atoms with van der Waals surface area (Å²) in [6, 6.07) is 11.6. The van der Waals surface area contributed by atoms with Crippen molar-refractivity contribution in [2.24, 2.45) is 5.14 Å². The lowest BCUT2D eigenvalue weighted by Crippen LogP contribution is -2.13. The predicted octanol–water partition coefficient (Wildman–Crippen LogP) is 3.62. The van der Waals surface area contributed by atoms with Crippen LogP contribution in [0.15, 0.2) is 53.7 Å². The zero-order valence-electron chi connectivity index (χ0n) is 18.5. The summed E-state index contributed by atoms with van der Waals surface area (Å²) >= 11 is 0. The van der Waals surface area contributed by atoms with Crippen molar-refractivity contribution in [1.82, 2.24) is 14.5 Å². The average Bonchev–Trinajstić information content (AvgIpc) is 3.10. The Morgan fingerprint density at radius 3 is 2.61 bits per heavy atom. The summed E-state index contributed by atoms with van der Waals surface area (Å²) in [5, 5.41) is 9.22. The Balaban J connectivity index is 1.53. The van der Waals surface area contributed by atoms with E-state index in [1.807, 2.05) is 17.6 Å². The Morgan fingerprint density at radius 1 is 1.12 bits per heavy atom. The Morgan fingerprint density at radius 2 is 1.91 bits per heavy atom. The van der Waals surface area contributed by atoms with Crippen LogP contribution in [0.3, 0.4) is 0 Å². The number of nitrogens with one attached hydrogen (secondary N) is 1. The van der Waals surface area contributed by atoms with Gasteiger partial charge in [-0.1, -0.05) is 6.07 Å². The smallest absolute Gasteiger partial charge is 0.238 e. The van der Waals surface area contributed by atoms with Gasteiger partial charge in [0.15, 0.2) is 0 Å². The molecule has 0 atom stereocenters. The first kappa shape index (κ1) is 22.7. The molecule has 8 nitrogen and oxygen atoms in total. The van der Waals surface area contributed by atoms with Crippen molar-refractivity contribution in [1.29, 1.82) is 0 Å². The highest BCUT2D eigenvalue weighted by atomic mass is 32.2. The molecule has 4 aromatic rings. The van der Waals surface area contributed by atoms with Gasteiger partial charge >= 0.3 is 0 Å². The largest absolute Gasteiger partial charge is 0.496 e. The average molecular weight is 470 g/mol. The van der Waals surface area contributed by atoms with E-state index in [9.17, 15) is 12.8 Å². The molecule has 2 heterocycles. The number of aryl methyl sites for hydroxylation is 2. The molecule has 10 heteroatoms. The fraction of sp³-hybridized carbons (Fsp3) is 0.217. The SMILES string of the molecule is COc1ccc(F)c2c1cc(C)n2CCNc1cc(-c2ccc(S(N)(=O)=O)c(C)c2)ncn1. The molecule has 0 aliphatic heterocycles. The molecule has 0 saturated heterocycles. The maximum Gasteiger partial charge on any atom is 0.238 e. The number of rotatable bonds is 7. The Bertz CT molecular complexity index is 1450. The lowest BCUT2D eigenvalue weighted by Gasteiger charge is -2.12. The number of anilines is 1. The Hall–Kier alpha value is -3.50. The number of nitrogens with zero attached hydrogens (tertiary/aromatic N) is 3. The third-order valence-electron chi connectivity index (χ3n) is 5.48. The number of benzene rings is 2. The molecule has 3 N–H and O–H groups in total. The minimum atomic E-state index is -3.78. The molecular weight excluding hydrogens is 445 g/mol. The van der Waals surface area contributed by atoms with Gasteiger partial charge in [-0.25, -0.2) is 27.9 Å². The summed E-state index contributed by atoms with van der Waals surface area (Å²) in [6.45, 7) is 4.62. The van der Waals surface area contributed by atoms with E-state index in [-0.39, 0.29) is 10.7 Å². The molecule has 0 amide bonds. The van der Waals surface area contributed by atoms with Gasteiger partial charge in [0.25, 0.3) is 0 Å². The van der Waals surface area contributed by atoms with Crippen LogP contribution in [0.4, 0.5) is 10.2 Å². The van der Waals surface area contributed by atoms with Crippen molar-refractivity contribution in [2.45, 2.75) is 25.3 Å². The number of nitrogens with two attached hydrogens (primary N) is 1. The van der Waals surface area contributed by atoms with Crippen LogP contribution in [-0.4, -0.2) is 36.6 Å². The fourth-order valence-electron chi connectivity index (χ4n) is 3.94. The zero-order chi connectivity index (χ0) is 23.8. The minimum absolute atomic E-state index is 0.0804. The van der Waals surface area contributed by atoms with E-state index in [1.165, 1.54) is 18.5 Å². The molecule has 0 aliphatic rings. The first-order valence-corrected chi connectivity index (χ1v) is 11.8. The topological polar surface area (TPSA) is 112 Å². The van der Waals surface area contributed by atoms with Gasteiger partial charge in [-0.05, 0) is 49.7 Å². The van der Waals surface area contributed by atoms with Gasteiger partial charge in [0.1, 0.15) is 23.7 Å². The molecule has 0 aliphatic carbocycles. The standard InChI is InChI=1S/C23H24FN5O3S/c1-14-10-16(4-7-21(14)33(25,30)31)19-12-22(28-13-27-19)26-8-9-29-15(2)11-17-20(32-3)6-5-18(24)23(17)29/h4-7,10-13H,8-9H2,1-3H3,(H2,25,30,31)(H,26,27,28).